The van der Waals surface area contributed by atoms with Gasteiger partial charge in [0.05, 0.1) is 0 Å². The first kappa shape index (κ1) is 18.6. The van der Waals surface area contributed by atoms with E-state index in [1.54, 1.807) is 24.3 Å². The Balaban J connectivity index is 1.88. The fourth-order valence-corrected chi connectivity index (χ4v) is 2.89. The largest absolute Gasteiger partial charge is 0.484 e. The molecule has 0 saturated carbocycles. The molecule has 1 N–H and O–H groups in total. The van der Waals surface area contributed by atoms with Crippen molar-refractivity contribution in [3.8, 4) is 5.75 Å². The lowest BCUT2D eigenvalue weighted by molar-refractivity contribution is -0.136. The molecule has 132 valence electrons. The van der Waals surface area contributed by atoms with Crippen molar-refractivity contribution in [1.82, 2.24) is 10.2 Å². The molecule has 24 heavy (non-hydrogen) atoms. The van der Waals surface area contributed by atoms with Gasteiger partial charge in [0.15, 0.2) is 6.61 Å². The number of halogens is 1. The average Bonchev–Trinajstić information content (AvgIpc) is 3.07. The summed E-state index contributed by atoms with van der Waals surface area (Å²) in [6.07, 6.45) is 2.70. The predicted octanol–water partition coefficient (Wildman–Crippen LogP) is 2.87. The van der Waals surface area contributed by atoms with Gasteiger partial charge in [0.1, 0.15) is 11.8 Å². The van der Waals surface area contributed by atoms with Crippen molar-refractivity contribution in [2.24, 2.45) is 5.92 Å². The van der Waals surface area contributed by atoms with Gasteiger partial charge in [-0.2, -0.15) is 0 Å². The van der Waals surface area contributed by atoms with E-state index in [4.69, 9.17) is 16.3 Å². The van der Waals surface area contributed by atoms with Crippen LogP contribution in [0.3, 0.4) is 0 Å². The van der Waals surface area contributed by atoms with E-state index < -0.39 is 6.04 Å². The highest BCUT2D eigenvalue weighted by Gasteiger charge is 2.28. The van der Waals surface area contributed by atoms with Crippen molar-refractivity contribution in [3.05, 3.63) is 29.3 Å². The maximum absolute atomic E-state index is 12.6. The van der Waals surface area contributed by atoms with Gasteiger partial charge < -0.3 is 15.0 Å². The maximum Gasteiger partial charge on any atom is 0.258 e. The molecule has 1 fully saturated rings. The number of rotatable bonds is 7. The van der Waals surface area contributed by atoms with Gasteiger partial charge in [0.2, 0.25) is 5.91 Å². The van der Waals surface area contributed by atoms with E-state index in [1.807, 2.05) is 18.7 Å². The Morgan fingerprint density at radius 1 is 1.21 bits per heavy atom. The molecule has 1 aromatic rings. The number of ether oxygens (including phenoxy) is 1. The molecule has 0 aromatic heterocycles. The standard InChI is InChI=1S/C18H25ClN2O3/c1-13(2)11-16(18(23)21-9-3-4-10-21)20-17(22)12-24-15-7-5-14(19)6-8-15/h5-8,13,16H,3-4,9-12H2,1-2H3,(H,20,22)/t16-/m0/s1. The molecule has 5 nitrogen and oxygen atoms in total. The second kappa shape index (κ2) is 8.92. The Morgan fingerprint density at radius 2 is 1.83 bits per heavy atom. The van der Waals surface area contributed by atoms with Gasteiger partial charge >= 0.3 is 0 Å². The Kier molecular flexibility index (Phi) is 6.91. The molecule has 6 heteroatoms. The molecule has 1 aliphatic heterocycles. The van der Waals surface area contributed by atoms with E-state index in [0.29, 0.717) is 23.1 Å². The highest BCUT2D eigenvalue weighted by molar-refractivity contribution is 6.30. The molecule has 0 bridgehead atoms. The van der Waals surface area contributed by atoms with Gasteiger partial charge in [-0.15, -0.1) is 0 Å². The first-order chi connectivity index (χ1) is 11.5. The van der Waals surface area contributed by atoms with E-state index >= 15 is 0 Å². The van der Waals surface area contributed by atoms with Crippen LogP contribution in [0.25, 0.3) is 0 Å². The van der Waals surface area contributed by atoms with Crippen molar-refractivity contribution < 1.29 is 14.3 Å². The summed E-state index contributed by atoms with van der Waals surface area (Å²) in [4.78, 5) is 26.6. The maximum atomic E-state index is 12.6. The summed E-state index contributed by atoms with van der Waals surface area (Å²) in [7, 11) is 0. The number of nitrogens with zero attached hydrogens (tertiary/aromatic N) is 1. The Morgan fingerprint density at radius 3 is 2.42 bits per heavy atom. The quantitative estimate of drug-likeness (QED) is 0.820. The monoisotopic (exact) mass is 352 g/mol. The molecule has 0 spiro atoms. The van der Waals surface area contributed by atoms with Crippen LogP contribution in [-0.2, 0) is 9.59 Å². The van der Waals surface area contributed by atoms with Gasteiger partial charge in [-0.1, -0.05) is 25.4 Å². The summed E-state index contributed by atoms with van der Waals surface area (Å²) < 4.78 is 5.44. The zero-order chi connectivity index (χ0) is 17.5. The normalized spacial score (nSPS) is 15.4. The van der Waals surface area contributed by atoms with E-state index in [-0.39, 0.29) is 18.4 Å². The summed E-state index contributed by atoms with van der Waals surface area (Å²) in [6, 6.07) is 6.33. The smallest absolute Gasteiger partial charge is 0.258 e. The van der Waals surface area contributed by atoms with Crippen LogP contribution in [0.5, 0.6) is 5.75 Å². The van der Waals surface area contributed by atoms with Crippen LogP contribution in [0, 0.1) is 5.92 Å². The van der Waals surface area contributed by atoms with Crippen LogP contribution in [0.15, 0.2) is 24.3 Å². The number of benzene rings is 1. The van der Waals surface area contributed by atoms with E-state index in [1.165, 1.54) is 0 Å². The minimum Gasteiger partial charge on any atom is -0.484 e. The van der Waals surface area contributed by atoms with Crippen molar-refractivity contribution >= 4 is 23.4 Å². The van der Waals surface area contributed by atoms with Gasteiger partial charge in [-0.25, -0.2) is 0 Å². The fourth-order valence-electron chi connectivity index (χ4n) is 2.77. The molecule has 1 aromatic carbocycles. The number of nitrogens with one attached hydrogen (secondary N) is 1. The minimum atomic E-state index is -0.482. The minimum absolute atomic E-state index is 0.0149. The van der Waals surface area contributed by atoms with Gasteiger partial charge in [0, 0.05) is 18.1 Å². The molecule has 0 aliphatic carbocycles. The molecular formula is C18H25ClN2O3. The topological polar surface area (TPSA) is 58.6 Å². The number of hydrogen-bond donors (Lipinski definition) is 1. The molecule has 2 amide bonds. The molecule has 2 rings (SSSR count). The lowest BCUT2D eigenvalue weighted by Crippen LogP contribution is -2.49. The zero-order valence-corrected chi connectivity index (χ0v) is 15.0. The van der Waals surface area contributed by atoms with Crippen LogP contribution in [-0.4, -0.2) is 42.5 Å². The summed E-state index contributed by atoms with van der Waals surface area (Å²) >= 11 is 5.81. The molecule has 1 atom stereocenters. The fraction of sp³-hybridized carbons (Fsp3) is 0.556. The number of carbonyl (C=O) groups excluding carboxylic acids is 2. The van der Waals surface area contributed by atoms with Gasteiger partial charge in [-0.05, 0) is 49.4 Å². The molecule has 1 heterocycles. The van der Waals surface area contributed by atoms with Crippen molar-refractivity contribution in [2.75, 3.05) is 19.7 Å². The van der Waals surface area contributed by atoms with Gasteiger partial charge in [0.25, 0.3) is 5.91 Å². The summed E-state index contributed by atoms with van der Waals surface area (Å²) in [5.74, 6) is 0.615. The van der Waals surface area contributed by atoms with E-state index in [2.05, 4.69) is 5.32 Å². The lowest BCUT2D eigenvalue weighted by atomic mass is 10.0. The lowest BCUT2D eigenvalue weighted by Gasteiger charge is -2.25. The SMILES string of the molecule is CC(C)C[C@H](NC(=O)COc1ccc(Cl)cc1)C(=O)N1CCCC1. The van der Waals surface area contributed by atoms with Crippen molar-refractivity contribution in [2.45, 2.75) is 39.2 Å². The summed E-state index contributed by atoms with van der Waals surface area (Å²) in [5.41, 5.74) is 0. The second-order valence-corrected chi connectivity index (χ2v) is 6.96. The summed E-state index contributed by atoms with van der Waals surface area (Å²) in [6.45, 7) is 5.53. The molecule has 0 radical (unpaired) electrons. The Labute approximate surface area is 148 Å². The first-order valence-corrected chi connectivity index (χ1v) is 8.80. The van der Waals surface area contributed by atoms with E-state index in [9.17, 15) is 9.59 Å². The summed E-state index contributed by atoms with van der Waals surface area (Å²) in [5, 5.41) is 3.44. The molecule has 0 unspecified atom stereocenters. The number of likely N-dealkylation sites (tertiary alicyclic amines) is 1. The predicted molar refractivity (Wildman–Crippen MR) is 94.1 cm³/mol. The van der Waals surface area contributed by atoms with Crippen LogP contribution >= 0.6 is 11.6 Å². The second-order valence-electron chi connectivity index (χ2n) is 6.52. The van der Waals surface area contributed by atoms with Gasteiger partial charge in [-0.3, -0.25) is 9.59 Å². The number of amides is 2. The number of carbonyl (C=O) groups is 2. The Bertz CT molecular complexity index is 554. The third-order valence-electron chi connectivity index (χ3n) is 3.94. The van der Waals surface area contributed by atoms with Crippen LogP contribution in [0.1, 0.15) is 33.1 Å². The van der Waals surface area contributed by atoms with Crippen molar-refractivity contribution in [1.29, 1.82) is 0 Å². The van der Waals surface area contributed by atoms with Crippen LogP contribution in [0.2, 0.25) is 5.02 Å². The highest BCUT2D eigenvalue weighted by Crippen LogP contribution is 2.16. The average molecular weight is 353 g/mol. The molecule has 1 aliphatic rings. The highest BCUT2D eigenvalue weighted by atomic mass is 35.5. The molecular weight excluding hydrogens is 328 g/mol. The van der Waals surface area contributed by atoms with Crippen molar-refractivity contribution in [3.63, 3.8) is 0 Å². The van der Waals surface area contributed by atoms with Crippen LogP contribution in [0.4, 0.5) is 0 Å². The first-order valence-electron chi connectivity index (χ1n) is 8.42. The zero-order valence-electron chi connectivity index (χ0n) is 14.3. The van der Waals surface area contributed by atoms with Crippen LogP contribution < -0.4 is 10.1 Å². The Hall–Kier alpha value is -1.75. The third kappa shape index (κ3) is 5.71. The van der Waals surface area contributed by atoms with E-state index in [0.717, 1.165) is 25.9 Å². The third-order valence-corrected chi connectivity index (χ3v) is 4.19. The number of hydrogen-bond acceptors (Lipinski definition) is 3. The molecule has 1 saturated heterocycles.